The number of likely N-dealkylation sites (tertiary alicyclic amines) is 1. The Bertz CT molecular complexity index is 1090. The van der Waals surface area contributed by atoms with Crippen molar-refractivity contribution in [2.75, 3.05) is 11.4 Å². The molecule has 3 amide bonds. The molecule has 1 spiro atoms. The van der Waals surface area contributed by atoms with Gasteiger partial charge in [-0.15, -0.1) is 0 Å². The fraction of sp³-hybridized carbons (Fsp3) is 0.381. The van der Waals surface area contributed by atoms with Gasteiger partial charge < -0.3 is 9.15 Å². The summed E-state index contributed by atoms with van der Waals surface area (Å²) in [6.45, 7) is 4.55. The van der Waals surface area contributed by atoms with Crippen LogP contribution in [0.2, 0.25) is 5.02 Å². The number of halogens is 1. The quantitative estimate of drug-likeness (QED) is 0.403. The average molecular weight is 446 g/mol. The number of hydrogen-bond acceptors (Lipinski definition) is 7. The van der Waals surface area contributed by atoms with Crippen LogP contribution < -0.4 is 4.90 Å². The summed E-state index contributed by atoms with van der Waals surface area (Å²) in [6, 6.07) is 4.60. The van der Waals surface area contributed by atoms with Gasteiger partial charge in [0.1, 0.15) is 25.0 Å². The van der Waals surface area contributed by atoms with Crippen LogP contribution in [-0.4, -0.2) is 45.7 Å². The SMILES string of the molecule is CC(C)(C)OC(=O)CN1C(=O)C2(CC(=O)N(Cc3ncco3)C2=O)c2cc(Cl)ccc21. The van der Waals surface area contributed by atoms with Gasteiger partial charge in [0.15, 0.2) is 5.41 Å². The van der Waals surface area contributed by atoms with Gasteiger partial charge in [0, 0.05) is 16.3 Å². The number of anilines is 1. The second-order valence-electron chi connectivity index (χ2n) is 8.43. The van der Waals surface area contributed by atoms with Crippen LogP contribution in [0.3, 0.4) is 0 Å². The monoisotopic (exact) mass is 445 g/mol. The number of carbonyl (C=O) groups excluding carboxylic acids is 4. The third kappa shape index (κ3) is 3.48. The van der Waals surface area contributed by atoms with E-state index in [1.54, 1.807) is 32.9 Å². The number of fused-ring (bicyclic) bond motifs is 2. The second kappa shape index (κ2) is 7.19. The molecule has 1 unspecified atom stereocenters. The van der Waals surface area contributed by atoms with Crippen molar-refractivity contribution in [3.8, 4) is 0 Å². The summed E-state index contributed by atoms with van der Waals surface area (Å²) in [4.78, 5) is 58.3. The Hall–Kier alpha value is -3.20. The van der Waals surface area contributed by atoms with Gasteiger partial charge in [0.05, 0.1) is 12.6 Å². The zero-order valence-corrected chi connectivity index (χ0v) is 17.9. The van der Waals surface area contributed by atoms with Crippen molar-refractivity contribution in [2.45, 2.75) is 44.8 Å². The predicted octanol–water partition coefficient (Wildman–Crippen LogP) is 2.21. The van der Waals surface area contributed by atoms with E-state index in [4.69, 9.17) is 20.8 Å². The largest absolute Gasteiger partial charge is 0.459 e. The Morgan fingerprint density at radius 1 is 1.23 bits per heavy atom. The van der Waals surface area contributed by atoms with E-state index in [2.05, 4.69) is 4.98 Å². The fourth-order valence-electron chi connectivity index (χ4n) is 3.95. The molecule has 10 heteroatoms. The highest BCUT2D eigenvalue weighted by Crippen LogP contribution is 2.49. The standard InChI is InChI=1S/C21H20ClN3O6/c1-20(2,3)31-17(27)11-24-14-5-4-12(22)8-13(14)21(18(24)28)9-16(26)25(19(21)29)10-15-23-6-7-30-15/h4-8H,9-11H2,1-3H3. The lowest BCUT2D eigenvalue weighted by Gasteiger charge is -2.24. The summed E-state index contributed by atoms with van der Waals surface area (Å²) in [6.07, 6.45) is 2.35. The summed E-state index contributed by atoms with van der Waals surface area (Å²) < 4.78 is 10.5. The van der Waals surface area contributed by atoms with Crippen molar-refractivity contribution in [1.82, 2.24) is 9.88 Å². The second-order valence-corrected chi connectivity index (χ2v) is 8.87. The van der Waals surface area contributed by atoms with Crippen LogP contribution in [0.5, 0.6) is 0 Å². The van der Waals surface area contributed by atoms with E-state index >= 15 is 0 Å². The molecule has 4 rings (SSSR count). The summed E-state index contributed by atoms with van der Waals surface area (Å²) in [5.41, 5.74) is -1.89. The maximum Gasteiger partial charge on any atom is 0.326 e. The number of rotatable bonds is 4. The minimum Gasteiger partial charge on any atom is -0.459 e. The molecular weight excluding hydrogens is 426 g/mol. The Morgan fingerprint density at radius 3 is 2.58 bits per heavy atom. The number of imide groups is 1. The molecule has 9 nitrogen and oxygen atoms in total. The number of oxazole rings is 1. The molecule has 1 aromatic carbocycles. The first kappa shape index (κ1) is 21.0. The predicted molar refractivity (Wildman–Crippen MR) is 108 cm³/mol. The zero-order valence-electron chi connectivity index (χ0n) is 17.2. The van der Waals surface area contributed by atoms with Gasteiger partial charge in [-0.3, -0.25) is 29.0 Å². The minimum absolute atomic E-state index is 0.168. The van der Waals surface area contributed by atoms with Crippen LogP contribution >= 0.6 is 11.6 Å². The minimum atomic E-state index is -1.79. The molecule has 0 saturated carbocycles. The number of ether oxygens (including phenoxy) is 1. The van der Waals surface area contributed by atoms with E-state index in [9.17, 15) is 19.2 Å². The van der Waals surface area contributed by atoms with E-state index in [1.807, 2.05) is 0 Å². The Kier molecular flexibility index (Phi) is 4.88. The summed E-state index contributed by atoms with van der Waals surface area (Å²) in [5, 5.41) is 0.302. The molecule has 0 radical (unpaired) electrons. The number of carbonyl (C=O) groups is 4. The third-order valence-electron chi connectivity index (χ3n) is 5.13. The molecule has 3 heterocycles. The smallest absolute Gasteiger partial charge is 0.326 e. The summed E-state index contributed by atoms with van der Waals surface area (Å²) in [7, 11) is 0. The van der Waals surface area contributed by atoms with Crippen LogP contribution in [0.15, 0.2) is 35.1 Å². The Balaban J connectivity index is 1.72. The van der Waals surface area contributed by atoms with Gasteiger partial charge in [0.25, 0.3) is 5.91 Å². The molecule has 2 aliphatic rings. The molecule has 162 valence electrons. The highest BCUT2D eigenvalue weighted by molar-refractivity contribution is 6.32. The lowest BCUT2D eigenvalue weighted by atomic mass is 9.80. The summed E-state index contributed by atoms with van der Waals surface area (Å²) >= 11 is 6.15. The van der Waals surface area contributed by atoms with E-state index in [1.165, 1.54) is 23.4 Å². The van der Waals surface area contributed by atoms with Gasteiger partial charge in [-0.05, 0) is 39.0 Å². The molecule has 1 saturated heterocycles. The Morgan fingerprint density at radius 2 is 1.94 bits per heavy atom. The highest BCUT2D eigenvalue weighted by Gasteiger charge is 2.64. The molecule has 0 aliphatic carbocycles. The number of amides is 3. The maximum atomic E-state index is 13.5. The van der Waals surface area contributed by atoms with Crippen LogP contribution in [-0.2, 0) is 35.9 Å². The number of nitrogens with zero attached hydrogens (tertiary/aromatic N) is 3. The molecule has 0 N–H and O–H groups in total. The van der Waals surface area contributed by atoms with Crippen molar-refractivity contribution in [3.63, 3.8) is 0 Å². The lowest BCUT2D eigenvalue weighted by Crippen LogP contribution is -2.48. The van der Waals surface area contributed by atoms with E-state index in [-0.39, 0.29) is 18.9 Å². The lowest BCUT2D eigenvalue weighted by molar-refractivity contribution is -0.154. The topological polar surface area (TPSA) is 110 Å². The molecule has 2 aliphatic heterocycles. The highest BCUT2D eigenvalue weighted by atomic mass is 35.5. The van der Waals surface area contributed by atoms with Gasteiger partial charge in [0.2, 0.25) is 17.7 Å². The third-order valence-corrected chi connectivity index (χ3v) is 5.37. The first-order valence-electron chi connectivity index (χ1n) is 9.60. The normalized spacial score (nSPS) is 20.7. The number of esters is 1. The Labute approximate surface area is 182 Å². The summed E-state index contributed by atoms with van der Waals surface area (Å²) in [5.74, 6) is -2.37. The molecule has 0 bridgehead atoms. The number of benzene rings is 1. The van der Waals surface area contributed by atoms with Crippen molar-refractivity contribution < 1.29 is 28.3 Å². The molecule has 2 aromatic rings. The molecule has 1 aromatic heterocycles. The van der Waals surface area contributed by atoms with E-state index in [0.717, 1.165) is 4.90 Å². The first-order valence-corrected chi connectivity index (χ1v) is 9.98. The van der Waals surface area contributed by atoms with Crippen molar-refractivity contribution in [2.24, 2.45) is 0 Å². The molecular formula is C21H20ClN3O6. The fourth-order valence-corrected chi connectivity index (χ4v) is 4.12. The van der Waals surface area contributed by atoms with Gasteiger partial charge in [-0.1, -0.05) is 11.6 Å². The number of aromatic nitrogens is 1. The van der Waals surface area contributed by atoms with Crippen molar-refractivity contribution >= 4 is 41.0 Å². The molecule has 31 heavy (non-hydrogen) atoms. The first-order chi connectivity index (χ1) is 14.5. The van der Waals surface area contributed by atoms with Crippen LogP contribution in [0, 0.1) is 0 Å². The van der Waals surface area contributed by atoms with Crippen LogP contribution in [0.4, 0.5) is 5.69 Å². The number of hydrogen-bond donors (Lipinski definition) is 0. The molecule has 1 atom stereocenters. The van der Waals surface area contributed by atoms with Gasteiger partial charge in [-0.2, -0.15) is 0 Å². The maximum absolute atomic E-state index is 13.5. The van der Waals surface area contributed by atoms with Crippen molar-refractivity contribution in [1.29, 1.82) is 0 Å². The molecule has 1 fully saturated rings. The van der Waals surface area contributed by atoms with Crippen LogP contribution in [0.1, 0.15) is 38.6 Å². The zero-order chi connectivity index (χ0) is 22.6. The average Bonchev–Trinajstić information content (AvgIpc) is 3.32. The van der Waals surface area contributed by atoms with E-state index < -0.39 is 41.3 Å². The van der Waals surface area contributed by atoms with E-state index in [0.29, 0.717) is 16.3 Å². The van der Waals surface area contributed by atoms with Gasteiger partial charge in [-0.25, -0.2) is 4.98 Å². The van der Waals surface area contributed by atoms with Gasteiger partial charge >= 0.3 is 5.97 Å². The van der Waals surface area contributed by atoms with Crippen molar-refractivity contribution in [3.05, 3.63) is 47.1 Å². The van der Waals surface area contributed by atoms with Crippen LogP contribution in [0.25, 0.3) is 0 Å².